The second kappa shape index (κ2) is 6.26. The lowest BCUT2D eigenvalue weighted by Crippen LogP contribution is -2.39. The molecular weight excluding hydrogens is 339 g/mol. The number of guanidine groups is 1. The molecule has 1 fully saturated rings. The number of nitrogens with zero attached hydrogens (tertiary/aromatic N) is 4. The van der Waals surface area contributed by atoms with Gasteiger partial charge in [0.05, 0.1) is 5.56 Å². The summed E-state index contributed by atoms with van der Waals surface area (Å²) in [5.41, 5.74) is -0.295. The molecule has 0 saturated carbocycles. The van der Waals surface area contributed by atoms with Crippen LogP contribution in [0, 0.1) is 5.92 Å². The van der Waals surface area contributed by atoms with Crippen LogP contribution in [-0.2, 0) is 15.8 Å². The molecule has 0 unspecified atom stereocenters. The Balaban J connectivity index is 1.84. The maximum Gasteiger partial charge on any atom is 0.416 e. The maximum atomic E-state index is 12.7. The van der Waals surface area contributed by atoms with Crippen molar-refractivity contribution in [3.05, 3.63) is 35.4 Å². The van der Waals surface area contributed by atoms with Gasteiger partial charge in [0.2, 0.25) is 17.8 Å². The third-order valence-corrected chi connectivity index (χ3v) is 4.15. The predicted molar refractivity (Wildman–Crippen MR) is 80.6 cm³/mol. The van der Waals surface area contributed by atoms with E-state index in [2.05, 4.69) is 20.5 Å². The van der Waals surface area contributed by atoms with E-state index in [1.54, 1.807) is 7.05 Å². The molecule has 7 nitrogen and oxygen atoms in total. The monoisotopic (exact) mass is 353 g/mol. The number of likely N-dealkylation sites (tertiary alicyclic amines) is 1. The van der Waals surface area contributed by atoms with Gasteiger partial charge in [-0.05, 0) is 17.7 Å². The average Bonchev–Trinajstić information content (AvgIpc) is 3.15. The molecule has 1 N–H and O–H groups in total. The van der Waals surface area contributed by atoms with Crippen LogP contribution in [0.5, 0.6) is 0 Å². The van der Waals surface area contributed by atoms with Gasteiger partial charge in [-0.1, -0.05) is 12.1 Å². The van der Waals surface area contributed by atoms with Crippen LogP contribution in [0.3, 0.4) is 0 Å². The van der Waals surface area contributed by atoms with Crippen LogP contribution < -0.4 is 5.32 Å². The van der Waals surface area contributed by atoms with Gasteiger partial charge in [0.15, 0.2) is 6.67 Å². The smallest absolute Gasteiger partial charge is 0.344 e. The summed E-state index contributed by atoms with van der Waals surface area (Å²) in [6.07, 6.45) is -4.44. The van der Waals surface area contributed by atoms with Gasteiger partial charge >= 0.3 is 6.18 Å². The highest BCUT2D eigenvalue weighted by atomic mass is 19.4. The average molecular weight is 353 g/mol. The number of carbonyl (C=O) groups is 2. The molecule has 2 aliphatic heterocycles. The van der Waals surface area contributed by atoms with E-state index in [0.717, 1.165) is 12.1 Å². The van der Waals surface area contributed by atoms with Crippen LogP contribution in [-0.4, -0.2) is 42.9 Å². The van der Waals surface area contributed by atoms with E-state index in [-0.39, 0.29) is 19.2 Å². The molecule has 2 heterocycles. The Hall–Kier alpha value is -2.78. The normalized spacial score (nSPS) is 23.1. The number of hydrogen-bond donors (Lipinski definition) is 1. The fourth-order valence-electron chi connectivity index (χ4n) is 2.89. The molecule has 10 heteroatoms. The molecule has 1 aromatic carbocycles. The van der Waals surface area contributed by atoms with Gasteiger partial charge in [-0.2, -0.15) is 18.3 Å². The van der Waals surface area contributed by atoms with E-state index >= 15 is 0 Å². The topological polar surface area (TPSA) is 86.5 Å². The molecular formula is C15H14F3N5O2. The van der Waals surface area contributed by atoms with Gasteiger partial charge in [-0.25, -0.2) is 4.99 Å². The fraction of sp³-hybridized carbons (Fsp3) is 0.400. The first-order chi connectivity index (χ1) is 11.8. The van der Waals surface area contributed by atoms with Crippen molar-refractivity contribution in [2.75, 3.05) is 20.3 Å². The Bertz CT molecular complexity index is 757. The molecule has 0 bridgehead atoms. The van der Waals surface area contributed by atoms with Gasteiger partial charge < -0.3 is 4.90 Å². The Morgan fingerprint density at radius 2 is 1.96 bits per heavy atom. The number of benzene rings is 1. The number of aliphatic imine (C=N–C) groups is 1. The maximum absolute atomic E-state index is 12.7. The van der Waals surface area contributed by atoms with Crippen LogP contribution >= 0.6 is 0 Å². The molecule has 3 rings (SSSR count). The minimum Gasteiger partial charge on any atom is -0.344 e. The number of alkyl halides is 3. The molecule has 2 atom stereocenters. The lowest BCUT2D eigenvalue weighted by molar-refractivity contribution is -0.138. The second-order valence-electron chi connectivity index (χ2n) is 5.78. The first kappa shape index (κ1) is 17.1. The summed E-state index contributed by atoms with van der Waals surface area (Å²) in [5.74, 6) is -2.59. The number of amides is 2. The third-order valence-electron chi connectivity index (χ3n) is 4.15. The third kappa shape index (κ3) is 3.37. The van der Waals surface area contributed by atoms with Gasteiger partial charge in [-0.15, -0.1) is 5.11 Å². The summed E-state index contributed by atoms with van der Waals surface area (Å²) < 4.78 is 38.1. The SMILES string of the molecule is CN1C[C@@H](c2ccc(C(F)(F)F)cc2)[C@H](C(=O)NC2=NCN=N2)C1=O. The van der Waals surface area contributed by atoms with Crippen molar-refractivity contribution in [3.8, 4) is 0 Å². The Kier molecular flexibility index (Phi) is 4.27. The van der Waals surface area contributed by atoms with Crippen LogP contribution in [0.25, 0.3) is 0 Å². The van der Waals surface area contributed by atoms with Gasteiger partial charge in [0.25, 0.3) is 0 Å². The minimum absolute atomic E-state index is 0.0264. The van der Waals surface area contributed by atoms with E-state index in [0.29, 0.717) is 5.56 Å². The van der Waals surface area contributed by atoms with E-state index in [1.807, 2.05) is 0 Å². The molecule has 25 heavy (non-hydrogen) atoms. The number of likely N-dealkylation sites (N-methyl/N-ethyl adjacent to an activating group) is 1. The van der Waals surface area contributed by atoms with Crippen LogP contribution in [0.15, 0.2) is 39.5 Å². The van der Waals surface area contributed by atoms with Gasteiger partial charge in [0.1, 0.15) is 5.92 Å². The van der Waals surface area contributed by atoms with E-state index < -0.39 is 35.4 Å². The molecule has 0 spiro atoms. The number of carbonyl (C=O) groups excluding carboxylic acids is 2. The summed E-state index contributed by atoms with van der Waals surface area (Å²) in [6, 6.07) is 4.49. The highest BCUT2D eigenvalue weighted by molar-refractivity contribution is 6.09. The zero-order chi connectivity index (χ0) is 18.2. The van der Waals surface area contributed by atoms with E-state index in [1.165, 1.54) is 17.0 Å². The first-order valence-electron chi connectivity index (χ1n) is 7.42. The van der Waals surface area contributed by atoms with Gasteiger partial charge in [0, 0.05) is 19.5 Å². The van der Waals surface area contributed by atoms with Crippen LogP contribution in [0.2, 0.25) is 0 Å². The van der Waals surface area contributed by atoms with Crippen molar-refractivity contribution in [2.45, 2.75) is 12.1 Å². The Morgan fingerprint density at radius 1 is 1.28 bits per heavy atom. The number of rotatable bonds is 2. The summed E-state index contributed by atoms with van der Waals surface area (Å²) in [6.45, 7) is 0.340. The lowest BCUT2D eigenvalue weighted by Gasteiger charge is -2.17. The minimum atomic E-state index is -4.44. The van der Waals surface area contributed by atoms with Crippen LogP contribution in [0.1, 0.15) is 17.0 Å². The quantitative estimate of drug-likeness (QED) is 0.822. The number of halogens is 3. The molecule has 0 aromatic heterocycles. The van der Waals surface area contributed by atoms with Crippen molar-refractivity contribution < 1.29 is 22.8 Å². The number of azo groups is 1. The number of hydrogen-bond acceptors (Lipinski definition) is 5. The van der Waals surface area contributed by atoms with E-state index in [4.69, 9.17) is 0 Å². The Morgan fingerprint density at radius 3 is 2.52 bits per heavy atom. The zero-order valence-corrected chi connectivity index (χ0v) is 13.1. The zero-order valence-electron chi connectivity index (χ0n) is 13.1. The highest BCUT2D eigenvalue weighted by Gasteiger charge is 2.44. The number of nitrogens with one attached hydrogen (secondary N) is 1. The molecule has 2 aliphatic rings. The lowest BCUT2D eigenvalue weighted by atomic mass is 9.87. The summed E-state index contributed by atoms with van der Waals surface area (Å²) in [4.78, 5) is 30.0. The largest absolute Gasteiger partial charge is 0.416 e. The first-order valence-corrected chi connectivity index (χ1v) is 7.42. The fourth-order valence-corrected chi connectivity index (χ4v) is 2.89. The molecule has 1 aromatic rings. The van der Waals surface area contributed by atoms with Crippen molar-refractivity contribution >= 4 is 17.8 Å². The summed E-state index contributed by atoms with van der Waals surface area (Å²) in [5, 5.41) is 9.64. The van der Waals surface area contributed by atoms with Crippen molar-refractivity contribution in [1.82, 2.24) is 10.2 Å². The van der Waals surface area contributed by atoms with Crippen molar-refractivity contribution in [2.24, 2.45) is 21.1 Å². The summed E-state index contributed by atoms with van der Waals surface area (Å²) >= 11 is 0. The summed E-state index contributed by atoms with van der Waals surface area (Å²) in [7, 11) is 1.54. The van der Waals surface area contributed by atoms with Crippen LogP contribution in [0.4, 0.5) is 13.2 Å². The molecule has 132 valence electrons. The Labute approximate surface area is 140 Å². The standard InChI is InChI=1S/C15H14F3N5O2/c1-23-6-10(8-2-4-9(5-3-8)15(16,17)18)11(13(23)25)12(24)21-14-19-7-20-22-14/h2-5,10-11H,6-7H2,1H3,(H,19,21,24)/t10-,11+/m0/s1. The van der Waals surface area contributed by atoms with Gasteiger partial charge in [-0.3, -0.25) is 14.9 Å². The highest BCUT2D eigenvalue weighted by Crippen LogP contribution is 2.35. The molecule has 2 amide bonds. The molecule has 0 aliphatic carbocycles. The van der Waals surface area contributed by atoms with E-state index in [9.17, 15) is 22.8 Å². The predicted octanol–water partition coefficient (Wildman–Crippen LogP) is 1.77. The van der Waals surface area contributed by atoms with Crippen molar-refractivity contribution in [1.29, 1.82) is 0 Å². The molecule has 0 radical (unpaired) electrons. The second-order valence-corrected chi connectivity index (χ2v) is 5.78. The van der Waals surface area contributed by atoms with Crippen molar-refractivity contribution in [3.63, 3.8) is 0 Å². The molecule has 1 saturated heterocycles.